The van der Waals surface area contributed by atoms with Crippen LogP contribution in [0.2, 0.25) is 0 Å². The molecular formula is C22H23N3O. The lowest BCUT2D eigenvalue weighted by Crippen LogP contribution is -2.47. The van der Waals surface area contributed by atoms with E-state index in [0.29, 0.717) is 0 Å². The van der Waals surface area contributed by atoms with E-state index < -0.39 is 0 Å². The van der Waals surface area contributed by atoms with Gasteiger partial charge in [0, 0.05) is 35.4 Å². The van der Waals surface area contributed by atoms with Gasteiger partial charge in [-0.05, 0) is 57.4 Å². The number of para-hydroxylation sites is 1. The molecule has 2 atom stereocenters. The lowest BCUT2D eigenvalue weighted by Gasteiger charge is -2.39. The van der Waals surface area contributed by atoms with Crippen molar-refractivity contribution in [2.45, 2.75) is 45.2 Å². The Morgan fingerprint density at radius 3 is 2.46 bits per heavy atom. The molecule has 0 spiro atoms. The summed E-state index contributed by atoms with van der Waals surface area (Å²) in [6.45, 7) is 4.31. The van der Waals surface area contributed by atoms with Gasteiger partial charge in [0.25, 0.3) is 5.91 Å². The molecule has 0 aliphatic carbocycles. The Labute approximate surface area is 153 Å². The molecule has 0 radical (unpaired) electrons. The summed E-state index contributed by atoms with van der Waals surface area (Å²) < 4.78 is 0. The van der Waals surface area contributed by atoms with Crippen LogP contribution in [0.4, 0.5) is 0 Å². The van der Waals surface area contributed by atoms with E-state index in [9.17, 15) is 4.79 Å². The van der Waals surface area contributed by atoms with Crippen molar-refractivity contribution in [3.05, 3.63) is 60.4 Å². The van der Waals surface area contributed by atoms with Crippen molar-refractivity contribution >= 4 is 16.8 Å². The Balaban J connectivity index is 1.86. The average Bonchev–Trinajstić information content (AvgIpc) is 2.67. The van der Waals surface area contributed by atoms with Crippen molar-refractivity contribution in [1.82, 2.24) is 14.9 Å². The monoisotopic (exact) mass is 345 g/mol. The second kappa shape index (κ2) is 6.87. The van der Waals surface area contributed by atoms with E-state index in [1.165, 1.54) is 6.42 Å². The summed E-state index contributed by atoms with van der Waals surface area (Å²) >= 11 is 0. The quantitative estimate of drug-likeness (QED) is 0.676. The number of rotatable bonds is 2. The van der Waals surface area contributed by atoms with Crippen LogP contribution in [0.15, 0.2) is 54.9 Å². The first kappa shape index (κ1) is 16.7. The topological polar surface area (TPSA) is 46.1 Å². The van der Waals surface area contributed by atoms with Crippen molar-refractivity contribution in [3.8, 4) is 11.3 Å². The van der Waals surface area contributed by atoms with Gasteiger partial charge in [-0.3, -0.25) is 9.78 Å². The van der Waals surface area contributed by atoms with Gasteiger partial charge in [-0.2, -0.15) is 0 Å². The fourth-order valence-electron chi connectivity index (χ4n) is 3.98. The summed E-state index contributed by atoms with van der Waals surface area (Å²) in [5.41, 5.74) is 3.37. The zero-order valence-electron chi connectivity index (χ0n) is 15.2. The second-order valence-electron chi connectivity index (χ2n) is 7.15. The van der Waals surface area contributed by atoms with Crippen LogP contribution >= 0.6 is 0 Å². The first-order chi connectivity index (χ1) is 12.6. The number of nitrogens with zero attached hydrogens (tertiary/aromatic N) is 3. The number of carbonyl (C=O) groups is 1. The van der Waals surface area contributed by atoms with E-state index in [1.54, 1.807) is 12.4 Å². The predicted octanol–water partition coefficient (Wildman–Crippen LogP) is 4.70. The fourth-order valence-corrected chi connectivity index (χ4v) is 3.98. The van der Waals surface area contributed by atoms with Crippen LogP contribution in [0.25, 0.3) is 22.2 Å². The van der Waals surface area contributed by atoms with Crippen molar-refractivity contribution in [2.24, 2.45) is 0 Å². The highest BCUT2D eigenvalue weighted by atomic mass is 16.2. The zero-order chi connectivity index (χ0) is 18.1. The fraction of sp³-hybridized carbons (Fsp3) is 0.318. The van der Waals surface area contributed by atoms with Gasteiger partial charge in [0.15, 0.2) is 0 Å². The maximum atomic E-state index is 13.5. The molecule has 0 bridgehead atoms. The van der Waals surface area contributed by atoms with Crippen LogP contribution in [0.5, 0.6) is 0 Å². The molecular weight excluding hydrogens is 322 g/mol. The molecule has 1 aliphatic rings. The second-order valence-corrected chi connectivity index (χ2v) is 7.15. The molecule has 1 saturated heterocycles. The van der Waals surface area contributed by atoms with Gasteiger partial charge >= 0.3 is 0 Å². The average molecular weight is 345 g/mol. The molecule has 0 saturated carbocycles. The third-order valence-electron chi connectivity index (χ3n) is 5.35. The number of hydrogen-bond donors (Lipinski definition) is 0. The highest BCUT2D eigenvalue weighted by Gasteiger charge is 2.30. The minimum absolute atomic E-state index is 0.110. The number of pyridine rings is 2. The summed E-state index contributed by atoms with van der Waals surface area (Å²) in [4.78, 5) is 24.4. The lowest BCUT2D eigenvalue weighted by molar-refractivity contribution is 0.0513. The van der Waals surface area contributed by atoms with Crippen molar-refractivity contribution in [2.75, 3.05) is 0 Å². The van der Waals surface area contributed by atoms with Gasteiger partial charge in [-0.15, -0.1) is 0 Å². The molecule has 3 heterocycles. The van der Waals surface area contributed by atoms with Crippen LogP contribution in [-0.4, -0.2) is 32.9 Å². The minimum atomic E-state index is 0.110. The minimum Gasteiger partial charge on any atom is -0.333 e. The molecule has 2 aromatic heterocycles. The number of piperidine rings is 1. The highest BCUT2D eigenvalue weighted by Crippen LogP contribution is 2.29. The SMILES string of the molecule is C[C@@H]1CCC[C@H](C)N1C(=O)c1cc(-c2ccncc2)nc2ccccc12. The smallest absolute Gasteiger partial charge is 0.255 e. The van der Waals surface area contributed by atoms with Gasteiger partial charge in [0.2, 0.25) is 0 Å². The molecule has 3 aromatic rings. The van der Waals surface area contributed by atoms with Gasteiger partial charge < -0.3 is 4.90 Å². The largest absolute Gasteiger partial charge is 0.333 e. The Bertz CT molecular complexity index is 929. The van der Waals surface area contributed by atoms with Crippen molar-refractivity contribution < 1.29 is 4.79 Å². The van der Waals surface area contributed by atoms with E-state index >= 15 is 0 Å². The molecule has 0 N–H and O–H groups in total. The Morgan fingerprint density at radius 1 is 1.04 bits per heavy atom. The van der Waals surface area contributed by atoms with E-state index in [2.05, 4.69) is 23.7 Å². The molecule has 0 unspecified atom stereocenters. The number of benzene rings is 1. The van der Waals surface area contributed by atoms with Crippen molar-refractivity contribution in [1.29, 1.82) is 0 Å². The zero-order valence-corrected chi connectivity index (χ0v) is 15.2. The predicted molar refractivity (Wildman–Crippen MR) is 104 cm³/mol. The summed E-state index contributed by atoms with van der Waals surface area (Å²) in [6, 6.07) is 14.2. The van der Waals surface area contributed by atoms with E-state index in [4.69, 9.17) is 4.98 Å². The number of carbonyl (C=O) groups excluding carboxylic acids is 1. The third kappa shape index (κ3) is 2.96. The lowest BCUT2D eigenvalue weighted by atomic mass is 9.95. The number of aromatic nitrogens is 2. The molecule has 1 aliphatic heterocycles. The maximum Gasteiger partial charge on any atom is 0.255 e. The molecule has 1 amide bonds. The van der Waals surface area contributed by atoms with Crippen molar-refractivity contribution in [3.63, 3.8) is 0 Å². The normalized spacial score (nSPS) is 20.3. The summed E-state index contributed by atoms with van der Waals surface area (Å²) in [6.07, 6.45) is 6.82. The van der Waals surface area contributed by atoms with Crippen LogP contribution in [0.1, 0.15) is 43.5 Å². The third-order valence-corrected chi connectivity index (χ3v) is 5.35. The van der Waals surface area contributed by atoms with Crippen LogP contribution in [0, 0.1) is 0 Å². The summed E-state index contributed by atoms with van der Waals surface area (Å²) in [5.74, 6) is 0.110. The van der Waals surface area contributed by atoms with Crippen LogP contribution in [0.3, 0.4) is 0 Å². The number of amides is 1. The highest BCUT2D eigenvalue weighted by molar-refractivity contribution is 6.07. The molecule has 132 valence electrons. The summed E-state index contributed by atoms with van der Waals surface area (Å²) in [5, 5.41) is 0.917. The van der Waals surface area contributed by atoms with E-state index in [0.717, 1.165) is 40.6 Å². The van der Waals surface area contributed by atoms with E-state index in [-0.39, 0.29) is 18.0 Å². The molecule has 4 heteroatoms. The van der Waals surface area contributed by atoms with Gasteiger partial charge in [-0.1, -0.05) is 18.2 Å². The number of hydrogen-bond acceptors (Lipinski definition) is 3. The summed E-state index contributed by atoms with van der Waals surface area (Å²) in [7, 11) is 0. The molecule has 26 heavy (non-hydrogen) atoms. The van der Waals surface area contributed by atoms with Gasteiger partial charge in [0.1, 0.15) is 0 Å². The molecule has 1 fully saturated rings. The van der Waals surface area contributed by atoms with E-state index in [1.807, 2.05) is 42.5 Å². The number of fused-ring (bicyclic) bond motifs is 1. The Kier molecular flexibility index (Phi) is 4.41. The molecule has 4 rings (SSSR count). The molecule has 4 nitrogen and oxygen atoms in total. The first-order valence-electron chi connectivity index (χ1n) is 9.28. The standard InChI is InChI=1S/C22H23N3O/c1-15-6-5-7-16(2)25(15)22(26)19-14-21(17-10-12-23-13-11-17)24-20-9-4-3-8-18(19)20/h3-4,8-16H,5-7H2,1-2H3/t15-,16+. The van der Waals surface area contributed by atoms with Crippen LogP contribution < -0.4 is 0 Å². The van der Waals surface area contributed by atoms with Gasteiger partial charge in [0.05, 0.1) is 16.8 Å². The van der Waals surface area contributed by atoms with Gasteiger partial charge in [-0.25, -0.2) is 4.98 Å². The maximum absolute atomic E-state index is 13.5. The Hall–Kier alpha value is -2.75. The molecule has 1 aromatic carbocycles. The number of likely N-dealkylation sites (tertiary alicyclic amines) is 1. The first-order valence-corrected chi connectivity index (χ1v) is 9.28. The van der Waals surface area contributed by atoms with Crippen LogP contribution in [-0.2, 0) is 0 Å². The Morgan fingerprint density at radius 2 is 1.73 bits per heavy atom.